The number of benzene rings is 3. The minimum Gasteiger partial charge on any atom is -0.459 e. The van der Waals surface area contributed by atoms with Crippen LogP contribution in [-0.2, 0) is 23.3 Å². The molecule has 5 nitrogen and oxygen atoms in total. The van der Waals surface area contributed by atoms with Gasteiger partial charge in [0.25, 0.3) is 5.91 Å². The summed E-state index contributed by atoms with van der Waals surface area (Å²) in [5, 5.41) is 3.62. The van der Waals surface area contributed by atoms with Crippen LogP contribution in [0, 0.1) is 11.6 Å². The minimum absolute atomic E-state index is 0.0542. The number of carbonyl (C=O) groups is 2. The maximum absolute atomic E-state index is 14.5. The molecule has 0 saturated carbocycles. The van der Waals surface area contributed by atoms with Crippen LogP contribution in [0.1, 0.15) is 41.1 Å². The molecule has 0 unspecified atom stereocenters. The topological polar surface area (TPSA) is 62.6 Å². The van der Waals surface area contributed by atoms with Crippen molar-refractivity contribution in [3.8, 4) is 0 Å². The number of hydrogen-bond acceptors (Lipinski definition) is 3. The van der Waals surface area contributed by atoms with E-state index in [4.69, 9.17) is 16.0 Å². The molecule has 0 spiro atoms. The van der Waals surface area contributed by atoms with Crippen molar-refractivity contribution in [3.63, 3.8) is 0 Å². The fraction of sp³-hybridized carbons (Fsp3) is 0.185. The van der Waals surface area contributed by atoms with Crippen LogP contribution in [0.5, 0.6) is 0 Å². The van der Waals surface area contributed by atoms with E-state index in [1.807, 2.05) is 0 Å². The van der Waals surface area contributed by atoms with Crippen molar-refractivity contribution >= 4 is 40.1 Å². The minimum atomic E-state index is -0.842. The third-order valence-electron chi connectivity index (χ3n) is 6.33. The van der Waals surface area contributed by atoms with Gasteiger partial charge >= 0.3 is 0 Å². The Morgan fingerprint density at radius 1 is 1.09 bits per heavy atom. The zero-order chi connectivity index (χ0) is 24.9. The number of hydrogen-bond donors (Lipinski definition) is 1. The first-order valence-corrected chi connectivity index (χ1v) is 11.4. The molecule has 1 aliphatic rings. The standard InChI is InChI=1S/C27H21ClF2N2O3/c1-27(2)20-8-6-15(25(33)31-13-18-11-16-10-17(29)7-9-24(16)35-18)12-23(20)32(26(27)34)14-19-21(28)4-3-5-22(19)30/h3-12H,13-14H2,1-2H3,(H,31,33). The Kier molecular flexibility index (Phi) is 5.60. The largest absolute Gasteiger partial charge is 0.459 e. The second-order valence-electron chi connectivity index (χ2n) is 9.03. The van der Waals surface area contributed by atoms with Gasteiger partial charge in [-0.15, -0.1) is 0 Å². The summed E-state index contributed by atoms with van der Waals surface area (Å²) in [6.45, 7) is 3.63. The van der Waals surface area contributed by atoms with Gasteiger partial charge < -0.3 is 14.6 Å². The SMILES string of the molecule is CC1(C)C(=O)N(Cc2c(F)cccc2Cl)c2cc(C(=O)NCc3cc4cc(F)ccc4o3)ccc21. The van der Waals surface area contributed by atoms with Crippen molar-refractivity contribution in [2.75, 3.05) is 4.90 Å². The van der Waals surface area contributed by atoms with Crippen LogP contribution in [0.4, 0.5) is 14.5 Å². The van der Waals surface area contributed by atoms with Gasteiger partial charge in [0.05, 0.1) is 18.5 Å². The molecule has 1 N–H and O–H groups in total. The quantitative estimate of drug-likeness (QED) is 0.363. The Hall–Kier alpha value is -3.71. The zero-order valence-corrected chi connectivity index (χ0v) is 19.7. The van der Waals surface area contributed by atoms with Gasteiger partial charge in [0.1, 0.15) is 23.0 Å². The Morgan fingerprint density at radius 3 is 2.66 bits per heavy atom. The number of amides is 2. The molecule has 3 aromatic carbocycles. The predicted octanol–water partition coefficient (Wildman–Crippen LogP) is 6.12. The van der Waals surface area contributed by atoms with Gasteiger partial charge in [0.2, 0.25) is 5.91 Å². The number of fused-ring (bicyclic) bond motifs is 2. The average Bonchev–Trinajstić information content (AvgIpc) is 3.31. The summed E-state index contributed by atoms with van der Waals surface area (Å²) in [6, 6.07) is 15.3. The third kappa shape index (κ3) is 4.06. The fourth-order valence-electron chi connectivity index (χ4n) is 4.41. The van der Waals surface area contributed by atoms with E-state index in [2.05, 4.69) is 5.32 Å². The number of rotatable bonds is 5. The summed E-state index contributed by atoms with van der Waals surface area (Å²) in [4.78, 5) is 27.6. The second-order valence-corrected chi connectivity index (χ2v) is 9.43. The van der Waals surface area contributed by atoms with Crippen LogP contribution >= 0.6 is 11.6 Å². The first kappa shape index (κ1) is 23.1. The molecule has 0 fully saturated rings. The van der Waals surface area contributed by atoms with Crippen LogP contribution in [0.2, 0.25) is 5.02 Å². The molecule has 0 bridgehead atoms. The highest BCUT2D eigenvalue weighted by Crippen LogP contribution is 2.43. The first-order chi connectivity index (χ1) is 16.6. The van der Waals surface area contributed by atoms with E-state index in [1.54, 1.807) is 44.2 Å². The Labute approximate surface area is 205 Å². The molecule has 35 heavy (non-hydrogen) atoms. The highest BCUT2D eigenvalue weighted by molar-refractivity contribution is 6.31. The number of nitrogens with zero attached hydrogens (tertiary/aromatic N) is 1. The van der Waals surface area contributed by atoms with Crippen molar-refractivity contribution in [2.45, 2.75) is 32.4 Å². The van der Waals surface area contributed by atoms with E-state index < -0.39 is 11.2 Å². The van der Waals surface area contributed by atoms with Crippen molar-refractivity contribution in [1.29, 1.82) is 0 Å². The molecule has 5 rings (SSSR count). The Balaban J connectivity index is 1.40. The normalized spacial score (nSPS) is 14.4. The van der Waals surface area contributed by atoms with E-state index >= 15 is 0 Å². The molecule has 178 valence electrons. The molecule has 8 heteroatoms. The molecule has 2 heterocycles. The second kappa shape index (κ2) is 8.50. The lowest BCUT2D eigenvalue weighted by molar-refractivity contribution is -0.122. The summed E-state index contributed by atoms with van der Waals surface area (Å²) in [6.07, 6.45) is 0. The third-order valence-corrected chi connectivity index (χ3v) is 6.69. The van der Waals surface area contributed by atoms with Gasteiger partial charge in [-0.05, 0) is 67.9 Å². The molecule has 0 saturated heterocycles. The van der Waals surface area contributed by atoms with Gasteiger partial charge in [0.15, 0.2) is 0 Å². The molecule has 0 radical (unpaired) electrons. The van der Waals surface area contributed by atoms with Gasteiger partial charge in [-0.3, -0.25) is 9.59 Å². The molecule has 0 aliphatic carbocycles. The van der Waals surface area contributed by atoms with Crippen LogP contribution in [0.15, 0.2) is 65.1 Å². The van der Waals surface area contributed by atoms with Crippen molar-refractivity contribution < 1.29 is 22.8 Å². The van der Waals surface area contributed by atoms with Crippen LogP contribution < -0.4 is 10.2 Å². The highest BCUT2D eigenvalue weighted by atomic mass is 35.5. The van der Waals surface area contributed by atoms with Crippen LogP contribution in [0.25, 0.3) is 11.0 Å². The Morgan fingerprint density at radius 2 is 1.89 bits per heavy atom. The maximum Gasteiger partial charge on any atom is 0.251 e. The lowest BCUT2D eigenvalue weighted by Gasteiger charge is -2.21. The first-order valence-electron chi connectivity index (χ1n) is 11.0. The number of halogens is 3. The average molecular weight is 495 g/mol. The van der Waals surface area contributed by atoms with Gasteiger partial charge in [-0.1, -0.05) is 23.7 Å². The smallest absolute Gasteiger partial charge is 0.251 e. The summed E-state index contributed by atoms with van der Waals surface area (Å²) < 4.78 is 33.5. The van der Waals surface area contributed by atoms with Gasteiger partial charge in [-0.2, -0.15) is 0 Å². The molecule has 0 atom stereocenters. The maximum atomic E-state index is 14.5. The number of anilines is 1. The zero-order valence-electron chi connectivity index (χ0n) is 19.0. The van der Waals surface area contributed by atoms with Crippen LogP contribution in [0.3, 0.4) is 0 Å². The summed E-state index contributed by atoms with van der Waals surface area (Å²) in [5.41, 5.74) is 1.50. The van der Waals surface area contributed by atoms with Crippen molar-refractivity contribution in [2.24, 2.45) is 0 Å². The van der Waals surface area contributed by atoms with Gasteiger partial charge in [0, 0.05) is 27.2 Å². The lowest BCUT2D eigenvalue weighted by atomic mass is 9.86. The number of nitrogens with one attached hydrogen (secondary N) is 1. The molecule has 2 amide bonds. The molecule has 4 aromatic rings. The summed E-state index contributed by atoms with van der Waals surface area (Å²) in [7, 11) is 0. The number of furan rings is 1. The lowest BCUT2D eigenvalue weighted by Crippen LogP contribution is -2.36. The van der Waals surface area contributed by atoms with Gasteiger partial charge in [-0.25, -0.2) is 8.78 Å². The van der Waals surface area contributed by atoms with Crippen molar-refractivity contribution in [3.05, 3.63) is 99.8 Å². The van der Waals surface area contributed by atoms with Crippen LogP contribution in [-0.4, -0.2) is 11.8 Å². The summed E-state index contributed by atoms with van der Waals surface area (Å²) in [5.74, 6) is -0.978. The Bertz CT molecular complexity index is 1480. The van der Waals surface area contributed by atoms with E-state index in [0.717, 1.165) is 5.56 Å². The van der Waals surface area contributed by atoms with E-state index in [-0.39, 0.29) is 41.3 Å². The molecule has 1 aliphatic heterocycles. The molecule has 1 aromatic heterocycles. The molecular weight excluding hydrogens is 474 g/mol. The summed E-state index contributed by atoms with van der Waals surface area (Å²) >= 11 is 6.20. The number of carbonyl (C=O) groups excluding carboxylic acids is 2. The van der Waals surface area contributed by atoms with E-state index in [1.165, 1.54) is 35.2 Å². The van der Waals surface area contributed by atoms with E-state index in [9.17, 15) is 18.4 Å². The van der Waals surface area contributed by atoms with E-state index in [0.29, 0.717) is 28.0 Å². The highest BCUT2D eigenvalue weighted by Gasteiger charge is 2.44. The van der Waals surface area contributed by atoms with Crippen molar-refractivity contribution in [1.82, 2.24) is 5.32 Å². The fourth-order valence-corrected chi connectivity index (χ4v) is 4.63. The monoisotopic (exact) mass is 494 g/mol. The molecular formula is C27H21ClF2N2O3. The predicted molar refractivity (Wildman–Crippen MR) is 129 cm³/mol.